The number of aromatic hydroxyl groups is 1. The van der Waals surface area contributed by atoms with E-state index in [-0.39, 0.29) is 29.2 Å². The summed E-state index contributed by atoms with van der Waals surface area (Å²) in [6.45, 7) is 3.98. The normalized spacial score (nSPS) is 16.6. The van der Waals surface area contributed by atoms with Gasteiger partial charge in [0.25, 0.3) is 0 Å². The van der Waals surface area contributed by atoms with Crippen LogP contribution in [0.15, 0.2) is 42.5 Å². The van der Waals surface area contributed by atoms with E-state index in [1.165, 1.54) is 11.6 Å². The smallest absolute Gasteiger partial charge is 0.227 e. The second-order valence-corrected chi connectivity index (χ2v) is 7.27. The van der Waals surface area contributed by atoms with Crippen molar-refractivity contribution < 1.29 is 14.6 Å². The van der Waals surface area contributed by atoms with Crippen LogP contribution in [0.2, 0.25) is 5.02 Å². The monoisotopic (exact) mass is 373 g/mol. The van der Waals surface area contributed by atoms with Gasteiger partial charge in [-0.05, 0) is 43.0 Å². The van der Waals surface area contributed by atoms with Crippen LogP contribution in [-0.2, 0) is 22.5 Å². The van der Waals surface area contributed by atoms with Gasteiger partial charge in [0.1, 0.15) is 5.75 Å². The van der Waals surface area contributed by atoms with Gasteiger partial charge in [-0.2, -0.15) is 0 Å². The Balaban J connectivity index is 1.74. The highest BCUT2D eigenvalue weighted by Crippen LogP contribution is 2.24. The molecule has 3 rings (SSSR count). The van der Waals surface area contributed by atoms with Gasteiger partial charge in [-0.15, -0.1) is 0 Å². The Hall–Kier alpha value is -2.04. The highest BCUT2D eigenvalue weighted by molar-refractivity contribution is 6.32. The number of amides is 1. The van der Waals surface area contributed by atoms with Crippen molar-refractivity contribution in [2.24, 2.45) is 0 Å². The first-order valence-corrected chi connectivity index (χ1v) is 9.31. The van der Waals surface area contributed by atoms with Crippen LogP contribution in [0.3, 0.4) is 0 Å². The number of phenols is 1. The van der Waals surface area contributed by atoms with Crippen molar-refractivity contribution in [3.8, 4) is 5.75 Å². The van der Waals surface area contributed by atoms with E-state index in [0.29, 0.717) is 13.1 Å². The fourth-order valence-electron chi connectivity index (χ4n) is 3.27. The second-order valence-electron chi connectivity index (χ2n) is 6.86. The Kier molecular flexibility index (Phi) is 6.17. The molecule has 1 saturated heterocycles. The van der Waals surface area contributed by atoms with E-state index in [0.717, 1.165) is 30.6 Å². The molecule has 1 atom stereocenters. The maximum atomic E-state index is 13.0. The van der Waals surface area contributed by atoms with Crippen LogP contribution in [-0.4, -0.2) is 35.2 Å². The van der Waals surface area contributed by atoms with Crippen LogP contribution < -0.4 is 0 Å². The molecule has 0 aliphatic carbocycles. The largest absolute Gasteiger partial charge is 0.506 e. The van der Waals surface area contributed by atoms with Gasteiger partial charge < -0.3 is 14.7 Å². The van der Waals surface area contributed by atoms with Gasteiger partial charge in [-0.1, -0.05) is 47.5 Å². The molecule has 1 aliphatic rings. The van der Waals surface area contributed by atoms with Gasteiger partial charge in [-0.25, -0.2) is 0 Å². The number of rotatable bonds is 6. The van der Waals surface area contributed by atoms with Crippen LogP contribution in [0.4, 0.5) is 0 Å². The maximum absolute atomic E-state index is 13.0. The van der Waals surface area contributed by atoms with Gasteiger partial charge in [-0.3, -0.25) is 4.79 Å². The summed E-state index contributed by atoms with van der Waals surface area (Å²) in [5, 5.41) is 9.82. The summed E-state index contributed by atoms with van der Waals surface area (Å²) in [5.41, 5.74) is 3.08. The molecule has 1 aliphatic heterocycles. The van der Waals surface area contributed by atoms with E-state index >= 15 is 0 Å². The molecule has 0 aromatic heterocycles. The van der Waals surface area contributed by atoms with Crippen LogP contribution in [0, 0.1) is 6.92 Å². The zero-order chi connectivity index (χ0) is 18.5. The summed E-state index contributed by atoms with van der Waals surface area (Å²) in [7, 11) is 0. The Labute approximate surface area is 159 Å². The Morgan fingerprint density at radius 2 is 2.12 bits per heavy atom. The number of carbonyl (C=O) groups is 1. The SMILES string of the molecule is Cc1cccc(CN(CC2CCCO2)C(=O)Cc2ccc(O)c(Cl)c2)c1. The number of hydrogen-bond acceptors (Lipinski definition) is 3. The zero-order valence-electron chi connectivity index (χ0n) is 15.0. The summed E-state index contributed by atoms with van der Waals surface area (Å²) in [4.78, 5) is 14.8. The standard InChI is InChI=1S/C21H24ClNO3/c1-15-4-2-5-17(10-15)13-23(14-18-6-3-9-26-18)21(25)12-16-7-8-20(24)19(22)11-16/h2,4-5,7-8,10-11,18,24H,3,6,9,12-14H2,1H3. The van der Waals surface area contributed by atoms with Gasteiger partial charge in [0.2, 0.25) is 5.91 Å². The zero-order valence-corrected chi connectivity index (χ0v) is 15.7. The van der Waals surface area contributed by atoms with Gasteiger partial charge in [0, 0.05) is 19.7 Å². The fourth-order valence-corrected chi connectivity index (χ4v) is 3.47. The van der Waals surface area contributed by atoms with Crippen molar-refractivity contribution in [1.82, 2.24) is 4.90 Å². The van der Waals surface area contributed by atoms with E-state index in [9.17, 15) is 9.90 Å². The van der Waals surface area contributed by atoms with E-state index in [2.05, 4.69) is 6.07 Å². The van der Waals surface area contributed by atoms with Crippen LogP contribution in [0.1, 0.15) is 29.5 Å². The molecule has 1 amide bonds. The lowest BCUT2D eigenvalue weighted by Gasteiger charge is -2.26. The van der Waals surface area contributed by atoms with Crippen LogP contribution in [0.5, 0.6) is 5.75 Å². The lowest BCUT2D eigenvalue weighted by molar-refractivity contribution is -0.132. The van der Waals surface area contributed by atoms with Crippen molar-refractivity contribution in [2.75, 3.05) is 13.2 Å². The van der Waals surface area contributed by atoms with Crippen LogP contribution >= 0.6 is 11.6 Å². The Bertz CT molecular complexity index is 772. The molecule has 1 fully saturated rings. The number of nitrogens with zero attached hydrogens (tertiary/aromatic N) is 1. The number of benzene rings is 2. The first-order chi connectivity index (χ1) is 12.5. The molecule has 1 unspecified atom stereocenters. The lowest BCUT2D eigenvalue weighted by Crippen LogP contribution is -2.37. The maximum Gasteiger partial charge on any atom is 0.227 e. The van der Waals surface area contributed by atoms with E-state index in [1.807, 2.05) is 30.0 Å². The number of carbonyl (C=O) groups excluding carboxylic acids is 1. The third-order valence-electron chi connectivity index (χ3n) is 4.62. The molecule has 26 heavy (non-hydrogen) atoms. The summed E-state index contributed by atoms with van der Waals surface area (Å²) < 4.78 is 5.73. The summed E-state index contributed by atoms with van der Waals surface area (Å²) >= 11 is 5.97. The van der Waals surface area contributed by atoms with Crippen LogP contribution in [0.25, 0.3) is 0 Å². The molecular formula is C21H24ClNO3. The molecule has 4 nitrogen and oxygen atoms in total. The number of aryl methyl sites for hydroxylation is 1. The molecule has 0 saturated carbocycles. The predicted octanol–water partition coefficient (Wildman–Crippen LogP) is 4.10. The quantitative estimate of drug-likeness (QED) is 0.829. The van der Waals surface area contributed by atoms with Crippen molar-refractivity contribution in [2.45, 2.75) is 38.8 Å². The molecular weight excluding hydrogens is 350 g/mol. The van der Waals surface area contributed by atoms with Crippen molar-refractivity contribution >= 4 is 17.5 Å². The molecule has 0 bridgehead atoms. The average Bonchev–Trinajstić information content (AvgIpc) is 3.11. The highest BCUT2D eigenvalue weighted by atomic mass is 35.5. The summed E-state index contributed by atoms with van der Waals surface area (Å²) in [6, 6.07) is 13.1. The number of hydrogen-bond donors (Lipinski definition) is 1. The minimum absolute atomic E-state index is 0.0267. The Morgan fingerprint density at radius 3 is 2.81 bits per heavy atom. The molecule has 2 aromatic rings. The third kappa shape index (κ3) is 4.99. The highest BCUT2D eigenvalue weighted by Gasteiger charge is 2.23. The molecule has 1 heterocycles. The first kappa shape index (κ1) is 18.7. The molecule has 5 heteroatoms. The lowest BCUT2D eigenvalue weighted by atomic mass is 10.1. The minimum atomic E-state index is 0.0267. The topological polar surface area (TPSA) is 49.8 Å². The van der Waals surface area contributed by atoms with Gasteiger partial charge >= 0.3 is 0 Å². The number of ether oxygens (including phenoxy) is 1. The van der Waals surface area contributed by atoms with Gasteiger partial charge in [0.05, 0.1) is 17.5 Å². The van der Waals surface area contributed by atoms with Crippen molar-refractivity contribution in [3.63, 3.8) is 0 Å². The van der Waals surface area contributed by atoms with E-state index < -0.39 is 0 Å². The molecule has 1 N–H and O–H groups in total. The van der Waals surface area contributed by atoms with E-state index in [1.54, 1.807) is 12.1 Å². The third-order valence-corrected chi connectivity index (χ3v) is 4.93. The summed E-state index contributed by atoms with van der Waals surface area (Å²) in [5.74, 6) is 0.0580. The molecule has 0 spiro atoms. The summed E-state index contributed by atoms with van der Waals surface area (Å²) in [6.07, 6.45) is 2.39. The van der Waals surface area contributed by atoms with E-state index in [4.69, 9.17) is 16.3 Å². The molecule has 138 valence electrons. The average molecular weight is 374 g/mol. The Morgan fingerprint density at radius 1 is 1.27 bits per heavy atom. The fraction of sp³-hybridized carbons (Fsp3) is 0.381. The second kappa shape index (κ2) is 8.56. The predicted molar refractivity (Wildman–Crippen MR) is 102 cm³/mol. The minimum Gasteiger partial charge on any atom is -0.506 e. The number of halogens is 1. The van der Waals surface area contributed by atoms with Crippen molar-refractivity contribution in [3.05, 3.63) is 64.2 Å². The van der Waals surface area contributed by atoms with Gasteiger partial charge in [0.15, 0.2) is 0 Å². The van der Waals surface area contributed by atoms with Crippen molar-refractivity contribution in [1.29, 1.82) is 0 Å². The molecule has 0 radical (unpaired) electrons. The molecule has 2 aromatic carbocycles. The number of phenolic OH excluding ortho intramolecular Hbond substituents is 1. The first-order valence-electron chi connectivity index (χ1n) is 8.93.